The summed E-state index contributed by atoms with van der Waals surface area (Å²) in [6.45, 7) is 1.26. The number of hydrogen-bond acceptors (Lipinski definition) is 4. The summed E-state index contributed by atoms with van der Waals surface area (Å²) >= 11 is 5.60. The van der Waals surface area contributed by atoms with Gasteiger partial charge in [0.2, 0.25) is 5.70 Å². The minimum absolute atomic E-state index is 0.156. The molecule has 0 atom stereocenters. The van der Waals surface area contributed by atoms with E-state index >= 15 is 0 Å². The topological polar surface area (TPSA) is 86.3 Å². The van der Waals surface area contributed by atoms with Crippen LogP contribution in [0.1, 0.15) is 12.5 Å². The predicted molar refractivity (Wildman–Crippen MR) is 58.8 cm³/mol. The predicted octanol–water partition coefficient (Wildman–Crippen LogP) is 2.89. The van der Waals surface area contributed by atoms with E-state index in [1.165, 1.54) is 19.1 Å². The third-order valence-electron chi connectivity index (χ3n) is 1.84. The van der Waals surface area contributed by atoms with E-state index in [0.717, 1.165) is 12.1 Å². The summed E-state index contributed by atoms with van der Waals surface area (Å²) in [5.74, 6) is 0. The SMILES string of the molecule is CC(=Cc1ccc(Cl)cc1[N+](=O)[O-])[N+](=O)[O-]. The summed E-state index contributed by atoms with van der Waals surface area (Å²) in [4.78, 5) is 19.8. The first-order valence-electron chi connectivity index (χ1n) is 4.18. The highest BCUT2D eigenvalue weighted by Crippen LogP contribution is 2.25. The Morgan fingerprint density at radius 2 is 2.00 bits per heavy atom. The first-order valence-corrected chi connectivity index (χ1v) is 4.56. The van der Waals surface area contributed by atoms with E-state index in [9.17, 15) is 20.2 Å². The molecule has 0 heterocycles. The average Bonchev–Trinajstić information content (AvgIpc) is 2.20. The molecule has 0 amide bonds. The molecule has 1 aromatic rings. The number of allylic oxidation sites excluding steroid dienone is 1. The van der Waals surface area contributed by atoms with Crippen LogP contribution in [0.4, 0.5) is 5.69 Å². The van der Waals surface area contributed by atoms with Crippen LogP contribution in [0.5, 0.6) is 0 Å². The second-order valence-electron chi connectivity index (χ2n) is 3.00. The maximum atomic E-state index is 10.7. The number of halogens is 1. The summed E-state index contributed by atoms with van der Waals surface area (Å²) < 4.78 is 0. The lowest BCUT2D eigenvalue weighted by molar-refractivity contribution is -0.422. The number of nitrogens with zero attached hydrogens (tertiary/aromatic N) is 2. The molecule has 6 nitrogen and oxygen atoms in total. The molecule has 7 heteroatoms. The first kappa shape index (κ1) is 12.1. The lowest BCUT2D eigenvalue weighted by Crippen LogP contribution is -1.96. The fourth-order valence-corrected chi connectivity index (χ4v) is 1.24. The van der Waals surface area contributed by atoms with Crippen LogP contribution in [-0.4, -0.2) is 9.85 Å². The van der Waals surface area contributed by atoms with Crippen molar-refractivity contribution in [3.63, 3.8) is 0 Å². The quantitative estimate of drug-likeness (QED) is 0.602. The fraction of sp³-hybridized carbons (Fsp3) is 0.111. The molecule has 0 bridgehead atoms. The van der Waals surface area contributed by atoms with Gasteiger partial charge < -0.3 is 0 Å². The first-order chi connectivity index (χ1) is 7.41. The zero-order valence-electron chi connectivity index (χ0n) is 8.21. The number of benzene rings is 1. The second kappa shape index (κ2) is 4.71. The molecule has 0 spiro atoms. The molecule has 0 aromatic heterocycles. The van der Waals surface area contributed by atoms with Crippen LogP contribution >= 0.6 is 11.6 Å². The Morgan fingerprint density at radius 1 is 1.38 bits per heavy atom. The van der Waals surface area contributed by atoms with Crippen molar-refractivity contribution in [2.24, 2.45) is 0 Å². The van der Waals surface area contributed by atoms with Gasteiger partial charge in [-0.1, -0.05) is 11.6 Å². The van der Waals surface area contributed by atoms with Crippen molar-refractivity contribution in [2.75, 3.05) is 0 Å². The minimum atomic E-state index is -0.634. The van der Waals surface area contributed by atoms with Crippen molar-refractivity contribution in [3.8, 4) is 0 Å². The lowest BCUT2D eigenvalue weighted by atomic mass is 10.1. The molecule has 1 aromatic carbocycles. The summed E-state index contributed by atoms with van der Waals surface area (Å²) in [7, 11) is 0. The average molecular weight is 243 g/mol. The van der Waals surface area contributed by atoms with E-state index in [4.69, 9.17) is 11.6 Å². The molecule has 0 aliphatic heterocycles. The van der Waals surface area contributed by atoms with E-state index in [1.54, 1.807) is 0 Å². The Labute approximate surface area is 95.4 Å². The van der Waals surface area contributed by atoms with Gasteiger partial charge in [0.1, 0.15) is 0 Å². The summed E-state index contributed by atoms with van der Waals surface area (Å²) in [5, 5.41) is 21.3. The Hall–Kier alpha value is -1.95. The highest BCUT2D eigenvalue weighted by Gasteiger charge is 2.14. The van der Waals surface area contributed by atoms with Gasteiger partial charge in [0.05, 0.1) is 15.4 Å². The molecule has 84 valence electrons. The van der Waals surface area contributed by atoms with Gasteiger partial charge >= 0.3 is 0 Å². The Bertz CT molecular complexity index is 484. The van der Waals surface area contributed by atoms with E-state index < -0.39 is 9.85 Å². The van der Waals surface area contributed by atoms with Gasteiger partial charge in [0.25, 0.3) is 5.69 Å². The van der Waals surface area contributed by atoms with Crippen LogP contribution in [-0.2, 0) is 0 Å². The van der Waals surface area contributed by atoms with E-state index in [2.05, 4.69) is 0 Å². The minimum Gasteiger partial charge on any atom is -0.259 e. The number of rotatable bonds is 3. The largest absolute Gasteiger partial charge is 0.278 e. The van der Waals surface area contributed by atoms with E-state index in [1.807, 2.05) is 0 Å². The van der Waals surface area contributed by atoms with E-state index in [-0.39, 0.29) is 22.0 Å². The van der Waals surface area contributed by atoms with Crippen molar-refractivity contribution < 1.29 is 9.85 Å². The van der Waals surface area contributed by atoms with Crippen molar-refractivity contribution >= 4 is 23.4 Å². The molecule has 0 fully saturated rings. The van der Waals surface area contributed by atoms with Crippen LogP contribution < -0.4 is 0 Å². The highest BCUT2D eigenvalue weighted by atomic mass is 35.5. The molecule has 0 unspecified atom stereocenters. The van der Waals surface area contributed by atoms with E-state index in [0.29, 0.717) is 0 Å². The molecular weight excluding hydrogens is 236 g/mol. The molecular formula is C9H7ClN2O4. The molecule has 1 rings (SSSR count). The van der Waals surface area contributed by atoms with Crippen LogP contribution in [0.3, 0.4) is 0 Å². The van der Waals surface area contributed by atoms with Gasteiger partial charge in [-0.2, -0.15) is 0 Å². The maximum Gasteiger partial charge on any atom is 0.278 e. The molecule has 0 aliphatic rings. The summed E-state index contributed by atoms with van der Waals surface area (Å²) in [6, 6.07) is 3.96. The Kier molecular flexibility index (Phi) is 3.57. The molecule has 0 aliphatic carbocycles. The van der Waals surface area contributed by atoms with Crippen LogP contribution in [0.25, 0.3) is 6.08 Å². The van der Waals surface area contributed by atoms with Crippen molar-refractivity contribution in [2.45, 2.75) is 6.92 Å². The van der Waals surface area contributed by atoms with Crippen LogP contribution in [0, 0.1) is 20.2 Å². The molecule has 0 radical (unpaired) electrons. The zero-order valence-corrected chi connectivity index (χ0v) is 8.97. The summed E-state index contributed by atoms with van der Waals surface area (Å²) in [6.07, 6.45) is 1.13. The monoisotopic (exact) mass is 242 g/mol. The van der Waals surface area contributed by atoms with Crippen LogP contribution in [0.15, 0.2) is 23.9 Å². The second-order valence-corrected chi connectivity index (χ2v) is 3.44. The van der Waals surface area contributed by atoms with Crippen LogP contribution in [0.2, 0.25) is 5.02 Å². The third kappa shape index (κ3) is 2.77. The fourth-order valence-electron chi connectivity index (χ4n) is 1.07. The number of nitro benzene ring substituents is 1. The van der Waals surface area contributed by atoms with Gasteiger partial charge in [-0.25, -0.2) is 0 Å². The van der Waals surface area contributed by atoms with Crippen molar-refractivity contribution in [3.05, 3.63) is 54.7 Å². The molecule has 16 heavy (non-hydrogen) atoms. The van der Waals surface area contributed by atoms with Crippen molar-refractivity contribution in [1.29, 1.82) is 0 Å². The molecule has 0 saturated carbocycles. The molecule has 0 N–H and O–H groups in total. The van der Waals surface area contributed by atoms with Gasteiger partial charge in [0, 0.05) is 24.1 Å². The van der Waals surface area contributed by atoms with Gasteiger partial charge in [-0.3, -0.25) is 20.2 Å². The van der Waals surface area contributed by atoms with Crippen molar-refractivity contribution in [1.82, 2.24) is 0 Å². The Balaban J connectivity index is 3.29. The smallest absolute Gasteiger partial charge is 0.259 e. The lowest BCUT2D eigenvalue weighted by Gasteiger charge is -1.98. The third-order valence-corrected chi connectivity index (χ3v) is 2.08. The summed E-state index contributed by atoms with van der Waals surface area (Å²) in [5.41, 5.74) is -0.275. The number of hydrogen-bond donors (Lipinski definition) is 0. The highest BCUT2D eigenvalue weighted by molar-refractivity contribution is 6.30. The zero-order chi connectivity index (χ0) is 12.3. The maximum absolute atomic E-state index is 10.7. The number of nitro groups is 2. The van der Waals surface area contributed by atoms with Gasteiger partial charge in [-0.15, -0.1) is 0 Å². The van der Waals surface area contributed by atoms with Gasteiger partial charge in [-0.05, 0) is 12.1 Å². The molecule has 0 saturated heterocycles. The normalized spacial score (nSPS) is 11.2. The standard InChI is InChI=1S/C9H7ClN2O4/c1-6(11(13)14)4-7-2-3-8(10)5-9(7)12(15)16/h2-5H,1H3. The van der Waals surface area contributed by atoms with Gasteiger partial charge in [0.15, 0.2) is 0 Å². The Morgan fingerprint density at radius 3 is 2.50 bits per heavy atom.